The van der Waals surface area contributed by atoms with Crippen LogP contribution in [0.5, 0.6) is 5.75 Å². The summed E-state index contributed by atoms with van der Waals surface area (Å²) >= 11 is 3.37. The van der Waals surface area contributed by atoms with Gasteiger partial charge in [-0.25, -0.2) is 9.79 Å². The molecule has 1 fully saturated rings. The summed E-state index contributed by atoms with van der Waals surface area (Å²) in [5.41, 5.74) is 7.15. The Balaban J connectivity index is 1.40. The number of nitrogens with zero attached hydrogens (tertiary/aromatic N) is 2. The molecule has 2 aliphatic heterocycles. The predicted molar refractivity (Wildman–Crippen MR) is 132 cm³/mol. The molecule has 0 radical (unpaired) electrons. The smallest absolute Gasteiger partial charge is 0.365 e. The molecule has 0 bridgehead atoms. The Hall–Kier alpha value is -3.66. The summed E-state index contributed by atoms with van der Waals surface area (Å²) in [6.45, 7) is 1.03. The van der Waals surface area contributed by atoms with Gasteiger partial charge in [-0.1, -0.05) is 28.1 Å². The van der Waals surface area contributed by atoms with Crippen LogP contribution in [0.1, 0.15) is 24.0 Å². The second kappa shape index (κ2) is 10.7. The largest absolute Gasteiger partial charge is 0.508 e. The molecule has 4 rings (SSSR count). The Morgan fingerprint density at radius 2 is 1.94 bits per heavy atom. The number of primary amides is 1. The molecule has 4 N–H and O–H groups in total. The van der Waals surface area contributed by atoms with Crippen LogP contribution >= 0.6 is 15.9 Å². The number of cyclic esters (lactones) is 1. The standard InChI is InChI=1S/C25H25BrN4O5/c26-18-7-5-16(6-8-18)24-29-21(25(34)35-24)14-30-11-1-2-17(13-30)23(33)28-20(22(27)32)12-15-3-9-19(31)10-4-15/h3-10,14,17,20,31H,1-2,11-13H2,(H2,27,32)(H,28,33)/b21-14-/t17?,20-/m0/s1. The van der Waals surface area contributed by atoms with Gasteiger partial charge in [0.25, 0.3) is 0 Å². The van der Waals surface area contributed by atoms with Crippen molar-refractivity contribution in [2.45, 2.75) is 25.3 Å². The second-order valence-electron chi connectivity index (χ2n) is 8.50. The van der Waals surface area contributed by atoms with Gasteiger partial charge in [0.15, 0.2) is 5.70 Å². The molecule has 182 valence electrons. The van der Waals surface area contributed by atoms with E-state index in [1.165, 1.54) is 12.1 Å². The number of amides is 2. The predicted octanol–water partition coefficient (Wildman–Crippen LogP) is 2.22. The number of ether oxygens (including phenoxy) is 1. The summed E-state index contributed by atoms with van der Waals surface area (Å²) < 4.78 is 6.22. The molecule has 1 unspecified atom stereocenters. The monoisotopic (exact) mass is 540 g/mol. The van der Waals surface area contributed by atoms with Gasteiger partial charge in [0.2, 0.25) is 17.7 Å². The molecule has 0 aliphatic carbocycles. The first kappa shape index (κ1) is 24.5. The fourth-order valence-corrected chi connectivity index (χ4v) is 4.27. The van der Waals surface area contributed by atoms with Gasteiger partial charge in [-0.05, 0) is 54.8 Å². The fraction of sp³-hybridized carbons (Fsp3) is 0.280. The highest BCUT2D eigenvalue weighted by Crippen LogP contribution is 2.22. The van der Waals surface area contributed by atoms with Gasteiger partial charge in [0.1, 0.15) is 11.8 Å². The lowest BCUT2D eigenvalue weighted by atomic mass is 9.96. The van der Waals surface area contributed by atoms with Gasteiger partial charge in [0, 0.05) is 35.7 Å². The van der Waals surface area contributed by atoms with Crippen LogP contribution in [-0.2, 0) is 25.5 Å². The third-order valence-corrected chi connectivity index (χ3v) is 6.40. The molecule has 2 heterocycles. The molecular weight excluding hydrogens is 516 g/mol. The number of halogens is 1. The molecule has 2 amide bonds. The first-order chi connectivity index (χ1) is 16.8. The maximum atomic E-state index is 12.9. The minimum atomic E-state index is -0.872. The number of nitrogens with one attached hydrogen (secondary N) is 1. The average Bonchev–Trinajstić information content (AvgIpc) is 3.20. The molecule has 10 heteroatoms. The molecule has 0 aromatic heterocycles. The summed E-state index contributed by atoms with van der Waals surface area (Å²) in [6.07, 6.45) is 3.23. The number of phenols is 1. The van der Waals surface area contributed by atoms with E-state index in [0.29, 0.717) is 25.1 Å². The van der Waals surface area contributed by atoms with Crippen LogP contribution in [0.4, 0.5) is 0 Å². The molecule has 9 nitrogen and oxygen atoms in total. The molecule has 35 heavy (non-hydrogen) atoms. The summed E-state index contributed by atoms with van der Waals surface area (Å²) in [4.78, 5) is 43.4. The number of rotatable bonds is 7. The third-order valence-electron chi connectivity index (χ3n) is 5.88. The average molecular weight is 541 g/mol. The lowest BCUT2D eigenvalue weighted by Crippen LogP contribution is -2.50. The number of likely N-dealkylation sites (tertiary alicyclic amines) is 1. The van der Waals surface area contributed by atoms with Crippen molar-refractivity contribution >= 4 is 39.6 Å². The summed E-state index contributed by atoms with van der Waals surface area (Å²) in [5.74, 6) is -1.48. The molecule has 2 aromatic carbocycles. The Bertz CT molecular complexity index is 1180. The number of hydrogen-bond acceptors (Lipinski definition) is 7. The van der Waals surface area contributed by atoms with Gasteiger partial charge in [0.05, 0.1) is 5.92 Å². The van der Waals surface area contributed by atoms with E-state index >= 15 is 0 Å². The van der Waals surface area contributed by atoms with E-state index in [2.05, 4.69) is 26.2 Å². The minimum Gasteiger partial charge on any atom is -0.508 e. The normalized spacial score (nSPS) is 19.7. The van der Waals surface area contributed by atoms with E-state index in [0.717, 1.165) is 16.5 Å². The van der Waals surface area contributed by atoms with Gasteiger partial charge in [-0.2, -0.15) is 0 Å². The zero-order chi connectivity index (χ0) is 24.9. The Kier molecular flexibility index (Phi) is 7.50. The number of hydrogen-bond donors (Lipinski definition) is 3. The Morgan fingerprint density at radius 1 is 1.23 bits per heavy atom. The van der Waals surface area contributed by atoms with Crippen LogP contribution in [0.2, 0.25) is 0 Å². The number of aromatic hydroxyl groups is 1. The van der Waals surface area contributed by atoms with Crippen LogP contribution in [0.3, 0.4) is 0 Å². The molecule has 1 saturated heterocycles. The van der Waals surface area contributed by atoms with E-state index in [9.17, 15) is 19.5 Å². The lowest BCUT2D eigenvalue weighted by molar-refractivity contribution is -0.130. The number of phenolic OH excluding ortho intramolecular Hbond substituents is 1. The summed E-state index contributed by atoms with van der Waals surface area (Å²) in [5, 5.41) is 12.2. The SMILES string of the molecule is NC(=O)[C@H](Cc1ccc(O)cc1)NC(=O)C1CCCN(/C=C2\N=C(c3ccc(Br)cc3)OC2=O)C1. The van der Waals surface area contributed by atoms with E-state index in [4.69, 9.17) is 10.5 Å². The second-order valence-corrected chi connectivity index (χ2v) is 9.41. The number of esters is 1. The van der Waals surface area contributed by atoms with Crippen LogP contribution in [-0.4, -0.2) is 52.8 Å². The van der Waals surface area contributed by atoms with Crippen molar-refractivity contribution in [1.82, 2.24) is 10.2 Å². The van der Waals surface area contributed by atoms with E-state index < -0.39 is 17.9 Å². The van der Waals surface area contributed by atoms with E-state index in [-0.39, 0.29) is 35.6 Å². The highest BCUT2D eigenvalue weighted by Gasteiger charge is 2.30. The van der Waals surface area contributed by atoms with Crippen molar-refractivity contribution in [3.05, 3.63) is 76.0 Å². The van der Waals surface area contributed by atoms with Crippen LogP contribution < -0.4 is 11.1 Å². The van der Waals surface area contributed by atoms with Crippen molar-refractivity contribution in [3.63, 3.8) is 0 Å². The quantitative estimate of drug-likeness (QED) is 0.364. The van der Waals surface area contributed by atoms with Gasteiger partial charge in [-0.15, -0.1) is 0 Å². The highest BCUT2D eigenvalue weighted by molar-refractivity contribution is 9.10. The fourth-order valence-electron chi connectivity index (χ4n) is 4.01. The Labute approximate surface area is 210 Å². The number of benzene rings is 2. The first-order valence-electron chi connectivity index (χ1n) is 11.2. The summed E-state index contributed by atoms with van der Waals surface area (Å²) in [7, 11) is 0. The third kappa shape index (κ3) is 6.27. The summed E-state index contributed by atoms with van der Waals surface area (Å²) in [6, 6.07) is 12.8. The van der Waals surface area contributed by atoms with Crippen LogP contribution in [0, 0.1) is 5.92 Å². The zero-order valence-corrected chi connectivity index (χ0v) is 20.4. The number of nitrogens with two attached hydrogens (primary N) is 1. The van der Waals surface area contributed by atoms with Gasteiger partial charge >= 0.3 is 5.97 Å². The molecule has 0 spiro atoms. The zero-order valence-electron chi connectivity index (χ0n) is 18.8. The van der Waals surface area contributed by atoms with Gasteiger partial charge in [-0.3, -0.25) is 9.59 Å². The van der Waals surface area contributed by atoms with Crippen molar-refractivity contribution in [3.8, 4) is 5.75 Å². The Morgan fingerprint density at radius 3 is 2.63 bits per heavy atom. The van der Waals surface area contributed by atoms with Crippen molar-refractivity contribution in [1.29, 1.82) is 0 Å². The molecule has 2 aromatic rings. The number of carbonyl (C=O) groups is 3. The van der Waals surface area contributed by atoms with E-state index in [1.807, 2.05) is 17.0 Å². The van der Waals surface area contributed by atoms with Crippen molar-refractivity contribution < 1.29 is 24.2 Å². The minimum absolute atomic E-state index is 0.115. The first-order valence-corrected chi connectivity index (χ1v) is 12.0. The molecule has 2 aliphatic rings. The number of carbonyl (C=O) groups excluding carboxylic acids is 3. The van der Waals surface area contributed by atoms with Crippen molar-refractivity contribution in [2.75, 3.05) is 13.1 Å². The number of piperidine rings is 1. The topological polar surface area (TPSA) is 134 Å². The molecule has 2 atom stereocenters. The van der Waals surface area contributed by atoms with Crippen molar-refractivity contribution in [2.24, 2.45) is 16.6 Å². The maximum Gasteiger partial charge on any atom is 0.365 e. The molecule has 0 saturated carbocycles. The van der Waals surface area contributed by atoms with E-state index in [1.54, 1.807) is 30.5 Å². The molecular formula is C25H25BrN4O5. The van der Waals surface area contributed by atoms with Gasteiger partial charge < -0.3 is 25.8 Å². The lowest BCUT2D eigenvalue weighted by Gasteiger charge is -2.31. The highest BCUT2D eigenvalue weighted by atomic mass is 79.9. The van der Waals surface area contributed by atoms with Crippen LogP contribution in [0.15, 0.2) is 69.9 Å². The number of aliphatic imine (C=N–C) groups is 1. The maximum absolute atomic E-state index is 12.9. The van der Waals surface area contributed by atoms with Crippen LogP contribution in [0.25, 0.3) is 0 Å².